The number of aryl methyl sites for hydroxylation is 1. The summed E-state index contributed by atoms with van der Waals surface area (Å²) < 4.78 is 12.9. The van der Waals surface area contributed by atoms with E-state index in [-0.39, 0.29) is 5.82 Å². The number of halogens is 1. The first-order chi connectivity index (χ1) is 8.56. The first-order valence-electron chi connectivity index (χ1n) is 6.02. The first kappa shape index (κ1) is 13.2. The van der Waals surface area contributed by atoms with Crippen LogP contribution < -0.4 is 5.32 Å². The minimum Gasteiger partial charge on any atom is -0.310 e. The average Bonchev–Trinajstić information content (AvgIpc) is 2.69. The van der Waals surface area contributed by atoms with Gasteiger partial charge in [-0.25, -0.2) is 9.37 Å². The monoisotopic (exact) mass is 264 g/mol. The van der Waals surface area contributed by atoms with Crippen LogP contribution >= 0.6 is 11.3 Å². The van der Waals surface area contributed by atoms with Crippen molar-refractivity contribution in [2.24, 2.45) is 0 Å². The van der Waals surface area contributed by atoms with E-state index in [0.717, 1.165) is 22.8 Å². The third-order valence-electron chi connectivity index (χ3n) is 2.65. The molecule has 1 N–H and O–H groups in total. The molecule has 18 heavy (non-hydrogen) atoms. The Balaban J connectivity index is 2.20. The second kappa shape index (κ2) is 5.59. The smallest absolute Gasteiger partial charge is 0.123 e. The lowest BCUT2D eigenvalue weighted by Crippen LogP contribution is -2.21. The molecule has 0 atom stereocenters. The van der Waals surface area contributed by atoms with E-state index in [4.69, 9.17) is 0 Å². The molecule has 0 spiro atoms. The second-order valence-corrected chi connectivity index (χ2v) is 5.65. The Hall–Kier alpha value is -1.26. The van der Waals surface area contributed by atoms with Crippen molar-refractivity contribution in [2.45, 2.75) is 33.4 Å². The van der Waals surface area contributed by atoms with Gasteiger partial charge in [0.1, 0.15) is 10.8 Å². The predicted molar refractivity (Wildman–Crippen MR) is 74.2 cm³/mol. The Bertz CT molecular complexity index is 517. The molecule has 0 aliphatic rings. The van der Waals surface area contributed by atoms with Gasteiger partial charge in [0.05, 0.1) is 5.69 Å². The van der Waals surface area contributed by atoms with Crippen molar-refractivity contribution in [3.05, 3.63) is 40.7 Å². The number of aromatic nitrogens is 1. The molecule has 0 bridgehead atoms. The van der Waals surface area contributed by atoms with E-state index in [1.807, 2.05) is 6.92 Å². The number of nitrogens with one attached hydrogen (secondary N) is 1. The highest BCUT2D eigenvalue weighted by Gasteiger charge is 2.09. The Labute approximate surface area is 111 Å². The Kier molecular flexibility index (Phi) is 4.09. The molecule has 1 aromatic carbocycles. The van der Waals surface area contributed by atoms with Gasteiger partial charge in [-0.1, -0.05) is 13.8 Å². The number of hydrogen-bond acceptors (Lipinski definition) is 3. The van der Waals surface area contributed by atoms with E-state index in [1.165, 1.54) is 17.0 Å². The predicted octanol–water partition coefficient (Wildman–Crippen LogP) is 3.76. The van der Waals surface area contributed by atoms with Gasteiger partial charge in [-0.15, -0.1) is 11.3 Å². The molecule has 0 amide bonds. The van der Waals surface area contributed by atoms with E-state index in [1.54, 1.807) is 23.5 Å². The van der Waals surface area contributed by atoms with Crippen molar-refractivity contribution >= 4 is 11.3 Å². The standard InChI is InChI=1S/C14H17FN2S/c1-9(2)16-8-13-10(3)17-14(18-13)11-4-6-12(15)7-5-11/h4-7,9,16H,8H2,1-3H3. The van der Waals surface area contributed by atoms with Crippen LogP contribution in [0.2, 0.25) is 0 Å². The summed E-state index contributed by atoms with van der Waals surface area (Å²) in [6, 6.07) is 6.94. The van der Waals surface area contributed by atoms with E-state index < -0.39 is 0 Å². The summed E-state index contributed by atoms with van der Waals surface area (Å²) in [7, 11) is 0. The lowest BCUT2D eigenvalue weighted by molar-refractivity contribution is 0.591. The van der Waals surface area contributed by atoms with E-state index in [0.29, 0.717) is 6.04 Å². The topological polar surface area (TPSA) is 24.9 Å². The third-order valence-corrected chi connectivity index (χ3v) is 3.86. The molecule has 0 fully saturated rings. The van der Waals surface area contributed by atoms with Crippen molar-refractivity contribution in [3.8, 4) is 10.6 Å². The van der Waals surface area contributed by atoms with E-state index in [9.17, 15) is 4.39 Å². The summed E-state index contributed by atoms with van der Waals surface area (Å²) >= 11 is 1.66. The summed E-state index contributed by atoms with van der Waals surface area (Å²) in [5.74, 6) is -0.214. The van der Waals surface area contributed by atoms with Gasteiger partial charge in [0.25, 0.3) is 0 Å². The molecule has 2 nitrogen and oxygen atoms in total. The van der Waals surface area contributed by atoms with Crippen LogP contribution in [0.1, 0.15) is 24.4 Å². The molecule has 0 saturated heterocycles. The third kappa shape index (κ3) is 3.15. The Morgan fingerprint density at radius 2 is 1.94 bits per heavy atom. The van der Waals surface area contributed by atoms with Gasteiger partial charge in [0, 0.05) is 23.0 Å². The summed E-state index contributed by atoms with van der Waals surface area (Å²) in [6.07, 6.45) is 0. The zero-order chi connectivity index (χ0) is 13.1. The molecule has 1 aromatic heterocycles. The van der Waals surface area contributed by atoms with Crippen LogP contribution in [0.25, 0.3) is 10.6 Å². The summed E-state index contributed by atoms with van der Waals surface area (Å²) in [6.45, 7) is 7.09. The molecule has 1 heterocycles. The van der Waals surface area contributed by atoms with Gasteiger partial charge in [-0.05, 0) is 31.2 Å². The molecule has 0 radical (unpaired) electrons. The molecule has 2 aromatic rings. The normalized spacial score (nSPS) is 11.2. The van der Waals surface area contributed by atoms with Crippen LogP contribution in [0.5, 0.6) is 0 Å². The van der Waals surface area contributed by atoms with E-state index >= 15 is 0 Å². The van der Waals surface area contributed by atoms with Crippen LogP contribution in [-0.4, -0.2) is 11.0 Å². The number of nitrogens with zero attached hydrogens (tertiary/aromatic N) is 1. The maximum Gasteiger partial charge on any atom is 0.123 e. The van der Waals surface area contributed by atoms with E-state index in [2.05, 4.69) is 24.1 Å². The van der Waals surface area contributed by atoms with Gasteiger partial charge >= 0.3 is 0 Å². The summed E-state index contributed by atoms with van der Waals surface area (Å²) in [4.78, 5) is 5.78. The van der Waals surface area contributed by atoms with Crippen molar-refractivity contribution in [2.75, 3.05) is 0 Å². The minimum absolute atomic E-state index is 0.214. The fraction of sp³-hybridized carbons (Fsp3) is 0.357. The van der Waals surface area contributed by atoms with Crippen LogP contribution in [0, 0.1) is 12.7 Å². The summed E-state index contributed by atoms with van der Waals surface area (Å²) in [5.41, 5.74) is 2.02. The lowest BCUT2D eigenvalue weighted by atomic mass is 10.2. The zero-order valence-corrected chi connectivity index (χ0v) is 11.6. The van der Waals surface area contributed by atoms with Crippen LogP contribution in [0.3, 0.4) is 0 Å². The number of thiazole rings is 1. The fourth-order valence-corrected chi connectivity index (χ4v) is 2.62. The van der Waals surface area contributed by atoms with Gasteiger partial charge < -0.3 is 5.32 Å². The highest BCUT2D eigenvalue weighted by molar-refractivity contribution is 7.15. The largest absolute Gasteiger partial charge is 0.310 e. The maximum atomic E-state index is 12.9. The number of hydrogen-bond donors (Lipinski definition) is 1. The zero-order valence-electron chi connectivity index (χ0n) is 10.8. The first-order valence-corrected chi connectivity index (χ1v) is 6.83. The molecule has 2 rings (SSSR count). The highest BCUT2D eigenvalue weighted by atomic mass is 32.1. The molecule has 4 heteroatoms. The van der Waals surface area contributed by atoms with Gasteiger partial charge in [0.15, 0.2) is 0 Å². The van der Waals surface area contributed by atoms with Gasteiger partial charge in [-0.2, -0.15) is 0 Å². The van der Waals surface area contributed by atoms with Crippen LogP contribution in [-0.2, 0) is 6.54 Å². The summed E-state index contributed by atoms with van der Waals surface area (Å²) in [5, 5.41) is 4.34. The molecular formula is C14H17FN2S. The fourth-order valence-electron chi connectivity index (χ4n) is 1.60. The number of rotatable bonds is 4. The molecule has 0 aliphatic carbocycles. The lowest BCUT2D eigenvalue weighted by Gasteiger charge is -2.05. The Morgan fingerprint density at radius 1 is 1.28 bits per heavy atom. The average molecular weight is 264 g/mol. The molecule has 0 aliphatic heterocycles. The molecular weight excluding hydrogens is 247 g/mol. The maximum absolute atomic E-state index is 12.9. The Morgan fingerprint density at radius 3 is 2.56 bits per heavy atom. The minimum atomic E-state index is -0.214. The van der Waals surface area contributed by atoms with Crippen molar-refractivity contribution in [1.82, 2.24) is 10.3 Å². The molecule has 96 valence electrons. The van der Waals surface area contributed by atoms with Crippen LogP contribution in [0.15, 0.2) is 24.3 Å². The second-order valence-electron chi connectivity index (χ2n) is 4.57. The van der Waals surface area contributed by atoms with Crippen molar-refractivity contribution in [1.29, 1.82) is 0 Å². The number of benzene rings is 1. The van der Waals surface area contributed by atoms with Gasteiger partial charge in [0.2, 0.25) is 0 Å². The molecule has 0 saturated carbocycles. The SMILES string of the molecule is Cc1nc(-c2ccc(F)cc2)sc1CNC(C)C. The van der Waals surface area contributed by atoms with Crippen molar-refractivity contribution in [3.63, 3.8) is 0 Å². The quantitative estimate of drug-likeness (QED) is 0.909. The van der Waals surface area contributed by atoms with Crippen molar-refractivity contribution < 1.29 is 4.39 Å². The highest BCUT2D eigenvalue weighted by Crippen LogP contribution is 2.27. The van der Waals surface area contributed by atoms with Gasteiger partial charge in [-0.3, -0.25) is 0 Å². The molecule has 0 unspecified atom stereocenters. The van der Waals surface area contributed by atoms with Crippen LogP contribution in [0.4, 0.5) is 4.39 Å².